The van der Waals surface area contributed by atoms with Crippen molar-refractivity contribution >= 4 is 5.91 Å². The number of hydrogen-bond donors (Lipinski definition) is 2. The highest BCUT2D eigenvalue weighted by molar-refractivity contribution is 5.83. The molecule has 0 spiro atoms. The lowest BCUT2D eigenvalue weighted by molar-refractivity contribution is -0.169. The highest BCUT2D eigenvalue weighted by Crippen LogP contribution is 2.26. The van der Waals surface area contributed by atoms with Crippen molar-refractivity contribution < 1.29 is 14.6 Å². The molecular weight excluding hydrogens is 146 g/mol. The summed E-state index contributed by atoms with van der Waals surface area (Å²) in [5, 5.41) is 11.6. The summed E-state index contributed by atoms with van der Waals surface area (Å²) in [5.41, 5.74) is -0.643. The predicted molar refractivity (Wildman–Crippen MR) is 39.0 cm³/mol. The van der Waals surface area contributed by atoms with Crippen LogP contribution >= 0.6 is 0 Å². The zero-order valence-electron chi connectivity index (χ0n) is 6.59. The minimum absolute atomic E-state index is 0.103. The van der Waals surface area contributed by atoms with Crippen LogP contribution in [0.5, 0.6) is 0 Å². The Morgan fingerprint density at radius 3 is 2.64 bits per heavy atom. The molecule has 1 aliphatic heterocycles. The van der Waals surface area contributed by atoms with E-state index in [1.807, 2.05) is 6.92 Å². The molecule has 4 nitrogen and oxygen atoms in total. The molecule has 1 saturated heterocycles. The van der Waals surface area contributed by atoms with Crippen LogP contribution in [0.1, 0.15) is 6.92 Å². The summed E-state index contributed by atoms with van der Waals surface area (Å²) < 4.78 is 4.88. The van der Waals surface area contributed by atoms with Crippen LogP contribution in [0, 0.1) is 5.41 Å². The molecule has 4 heteroatoms. The maximum atomic E-state index is 11.2. The Balaban J connectivity index is 2.47. The van der Waals surface area contributed by atoms with Gasteiger partial charge < -0.3 is 15.2 Å². The largest absolute Gasteiger partial charge is 0.395 e. The van der Waals surface area contributed by atoms with Crippen LogP contribution in [-0.4, -0.2) is 37.4 Å². The number of carbonyl (C=O) groups is 1. The average Bonchev–Trinajstić information content (AvgIpc) is 1.87. The van der Waals surface area contributed by atoms with Gasteiger partial charge in [0.25, 0.3) is 0 Å². The molecule has 1 amide bonds. The molecule has 0 aliphatic carbocycles. The molecule has 0 saturated carbocycles. The van der Waals surface area contributed by atoms with Gasteiger partial charge in [-0.05, 0) is 6.92 Å². The van der Waals surface area contributed by atoms with Crippen molar-refractivity contribution in [1.82, 2.24) is 5.32 Å². The van der Waals surface area contributed by atoms with Crippen LogP contribution in [0.25, 0.3) is 0 Å². The van der Waals surface area contributed by atoms with Crippen molar-refractivity contribution in [2.24, 2.45) is 5.41 Å². The maximum absolute atomic E-state index is 11.2. The Morgan fingerprint density at radius 1 is 1.73 bits per heavy atom. The molecule has 0 bridgehead atoms. The minimum atomic E-state index is -0.643. The van der Waals surface area contributed by atoms with Crippen LogP contribution in [0.2, 0.25) is 0 Å². The van der Waals surface area contributed by atoms with Crippen molar-refractivity contribution in [3.63, 3.8) is 0 Å². The van der Waals surface area contributed by atoms with Gasteiger partial charge in [-0.15, -0.1) is 0 Å². The second-order valence-electron chi connectivity index (χ2n) is 2.79. The summed E-state index contributed by atoms with van der Waals surface area (Å²) in [5.74, 6) is -0.103. The molecule has 2 N–H and O–H groups in total. The van der Waals surface area contributed by atoms with Gasteiger partial charge in [-0.2, -0.15) is 0 Å². The van der Waals surface area contributed by atoms with Crippen molar-refractivity contribution in [2.45, 2.75) is 6.92 Å². The van der Waals surface area contributed by atoms with Crippen molar-refractivity contribution in [2.75, 3.05) is 26.4 Å². The van der Waals surface area contributed by atoms with Gasteiger partial charge in [-0.1, -0.05) is 0 Å². The molecule has 0 unspecified atom stereocenters. The molecule has 1 aliphatic rings. The van der Waals surface area contributed by atoms with E-state index in [1.165, 1.54) is 0 Å². The standard InChI is InChI=1S/C7H13NO3/c1-2-8-6(10)7(3-9)4-11-5-7/h9H,2-5H2,1H3,(H,8,10). The van der Waals surface area contributed by atoms with E-state index in [-0.39, 0.29) is 12.5 Å². The third-order valence-corrected chi connectivity index (χ3v) is 1.88. The van der Waals surface area contributed by atoms with E-state index in [0.717, 1.165) is 0 Å². The molecule has 1 heterocycles. The zero-order valence-corrected chi connectivity index (χ0v) is 6.59. The molecular formula is C7H13NO3. The number of ether oxygens (including phenoxy) is 1. The van der Waals surface area contributed by atoms with Gasteiger partial charge in [0.2, 0.25) is 5.91 Å². The van der Waals surface area contributed by atoms with E-state index < -0.39 is 5.41 Å². The Kier molecular flexibility index (Phi) is 2.46. The van der Waals surface area contributed by atoms with Crippen LogP contribution in [0.3, 0.4) is 0 Å². The Bertz CT molecular complexity index is 148. The van der Waals surface area contributed by atoms with Crippen molar-refractivity contribution in [3.05, 3.63) is 0 Å². The van der Waals surface area contributed by atoms with Crippen LogP contribution in [0.4, 0.5) is 0 Å². The van der Waals surface area contributed by atoms with Gasteiger partial charge in [-0.3, -0.25) is 4.79 Å². The molecule has 0 aromatic heterocycles. The second-order valence-corrected chi connectivity index (χ2v) is 2.79. The number of nitrogens with one attached hydrogen (secondary N) is 1. The monoisotopic (exact) mass is 159 g/mol. The average molecular weight is 159 g/mol. The van der Waals surface area contributed by atoms with Gasteiger partial charge in [0.05, 0.1) is 19.8 Å². The van der Waals surface area contributed by atoms with E-state index in [9.17, 15) is 4.79 Å². The Morgan fingerprint density at radius 2 is 2.36 bits per heavy atom. The van der Waals surface area contributed by atoms with E-state index in [2.05, 4.69) is 5.32 Å². The molecule has 0 radical (unpaired) electrons. The lowest BCUT2D eigenvalue weighted by Gasteiger charge is -2.37. The molecule has 0 atom stereocenters. The third kappa shape index (κ3) is 1.36. The van der Waals surface area contributed by atoms with Crippen LogP contribution in [0.15, 0.2) is 0 Å². The SMILES string of the molecule is CCNC(=O)C1(CO)COC1. The first kappa shape index (κ1) is 8.49. The summed E-state index contributed by atoms with van der Waals surface area (Å²) in [6, 6.07) is 0. The van der Waals surface area contributed by atoms with Gasteiger partial charge in [0.15, 0.2) is 0 Å². The van der Waals surface area contributed by atoms with Crippen LogP contribution < -0.4 is 5.32 Å². The quantitative estimate of drug-likeness (QED) is 0.563. The fourth-order valence-electron chi connectivity index (χ4n) is 0.991. The number of rotatable bonds is 3. The summed E-state index contributed by atoms with van der Waals surface area (Å²) in [6.45, 7) is 3.01. The fraction of sp³-hybridized carbons (Fsp3) is 0.857. The first-order chi connectivity index (χ1) is 5.25. The normalized spacial score (nSPS) is 20.5. The van der Waals surface area contributed by atoms with Crippen molar-refractivity contribution in [3.8, 4) is 0 Å². The third-order valence-electron chi connectivity index (χ3n) is 1.88. The number of amides is 1. The number of carbonyl (C=O) groups excluding carboxylic acids is 1. The van der Waals surface area contributed by atoms with E-state index in [4.69, 9.17) is 9.84 Å². The highest BCUT2D eigenvalue weighted by atomic mass is 16.5. The fourth-order valence-corrected chi connectivity index (χ4v) is 0.991. The number of aliphatic hydroxyl groups excluding tert-OH is 1. The smallest absolute Gasteiger partial charge is 0.233 e. The molecule has 0 aromatic rings. The number of aliphatic hydroxyl groups is 1. The summed E-state index contributed by atoms with van der Waals surface area (Å²) in [4.78, 5) is 11.2. The maximum Gasteiger partial charge on any atom is 0.233 e. The van der Waals surface area contributed by atoms with E-state index in [0.29, 0.717) is 19.8 Å². The highest BCUT2D eigenvalue weighted by Gasteiger charge is 2.45. The van der Waals surface area contributed by atoms with Crippen LogP contribution in [-0.2, 0) is 9.53 Å². The van der Waals surface area contributed by atoms with E-state index in [1.54, 1.807) is 0 Å². The van der Waals surface area contributed by atoms with Gasteiger partial charge in [0, 0.05) is 6.54 Å². The first-order valence-corrected chi connectivity index (χ1v) is 3.72. The molecule has 1 fully saturated rings. The number of hydrogen-bond acceptors (Lipinski definition) is 3. The topological polar surface area (TPSA) is 58.6 Å². The zero-order chi connectivity index (χ0) is 8.32. The summed E-state index contributed by atoms with van der Waals surface area (Å²) in [7, 11) is 0. The minimum Gasteiger partial charge on any atom is -0.395 e. The Hall–Kier alpha value is -0.610. The first-order valence-electron chi connectivity index (χ1n) is 3.72. The van der Waals surface area contributed by atoms with Gasteiger partial charge in [-0.25, -0.2) is 0 Å². The lowest BCUT2D eigenvalue weighted by atomic mass is 9.86. The second kappa shape index (κ2) is 3.19. The molecule has 64 valence electrons. The summed E-state index contributed by atoms with van der Waals surface area (Å²) >= 11 is 0. The van der Waals surface area contributed by atoms with Gasteiger partial charge >= 0.3 is 0 Å². The Labute approximate surface area is 65.5 Å². The lowest BCUT2D eigenvalue weighted by Crippen LogP contribution is -2.56. The molecule has 1 rings (SSSR count). The molecule has 0 aromatic carbocycles. The van der Waals surface area contributed by atoms with E-state index >= 15 is 0 Å². The molecule has 11 heavy (non-hydrogen) atoms. The summed E-state index contributed by atoms with van der Waals surface area (Å²) in [6.07, 6.45) is 0. The van der Waals surface area contributed by atoms with Crippen molar-refractivity contribution in [1.29, 1.82) is 0 Å². The predicted octanol–water partition coefficient (Wildman–Crippen LogP) is -0.869. The van der Waals surface area contributed by atoms with Gasteiger partial charge in [0.1, 0.15) is 5.41 Å².